The zero-order chi connectivity index (χ0) is 20.3. The number of ether oxygens (including phenoxy) is 1. The summed E-state index contributed by atoms with van der Waals surface area (Å²) in [5, 5.41) is 5.75. The van der Waals surface area contributed by atoms with E-state index in [4.69, 9.17) is 14.7 Å². The molecule has 2 aliphatic heterocycles. The first kappa shape index (κ1) is 19.6. The minimum Gasteiger partial charge on any atom is -0.381 e. The molecule has 30 heavy (non-hydrogen) atoms. The van der Waals surface area contributed by atoms with Crippen molar-refractivity contribution in [2.24, 2.45) is 4.99 Å². The van der Waals surface area contributed by atoms with Crippen molar-refractivity contribution >= 4 is 29.3 Å². The van der Waals surface area contributed by atoms with Gasteiger partial charge in [0.2, 0.25) is 0 Å². The van der Waals surface area contributed by atoms with Crippen LogP contribution in [0.5, 0.6) is 0 Å². The fourth-order valence-electron chi connectivity index (χ4n) is 4.32. The van der Waals surface area contributed by atoms with Crippen molar-refractivity contribution in [1.82, 2.24) is 10.3 Å². The van der Waals surface area contributed by atoms with E-state index in [0.29, 0.717) is 6.04 Å². The normalized spacial score (nSPS) is 21.7. The molecule has 0 aromatic carbocycles. The molecule has 1 aromatic heterocycles. The van der Waals surface area contributed by atoms with Crippen molar-refractivity contribution in [2.75, 3.05) is 13.2 Å². The van der Waals surface area contributed by atoms with Crippen LogP contribution in [0.4, 0.5) is 0 Å². The summed E-state index contributed by atoms with van der Waals surface area (Å²) >= 11 is 1.74. The standard InChI is InChI=1S/C25H27N3OS/c1-17-14-22-25(28-23(30-22)16-26-19-10-12-29-13-11-19)24(27-15-17)21-9-5-7-18-6-3-2-4-8-20(18)21/h3-4,6,8-9,14-15,19,26H,1-2,5,7,10-13,16H2. The van der Waals surface area contributed by atoms with Gasteiger partial charge in [-0.15, -0.1) is 11.3 Å². The van der Waals surface area contributed by atoms with Gasteiger partial charge in [0.25, 0.3) is 0 Å². The van der Waals surface area contributed by atoms with Crippen LogP contribution in [0.25, 0.3) is 11.8 Å². The molecule has 0 radical (unpaired) electrons. The monoisotopic (exact) mass is 417 g/mol. The van der Waals surface area contributed by atoms with Gasteiger partial charge in [-0.1, -0.05) is 37.0 Å². The second kappa shape index (κ2) is 8.80. The Kier molecular flexibility index (Phi) is 5.75. The second-order valence-electron chi connectivity index (χ2n) is 8.05. The lowest BCUT2D eigenvalue weighted by Crippen LogP contribution is -2.34. The number of nitrogens with one attached hydrogen (secondary N) is 1. The number of fused-ring (bicyclic) bond motifs is 1. The highest BCUT2D eigenvalue weighted by molar-refractivity contribution is 7.09. The molecule has 1 N–H and O–H groups in total. The van der Waals surface area contributed by atoms with Crippen molar-refractivity contribution in [3.05, 3.63) is 74.1 Å². The molecule has 1 aromatic rings. The summed E-state index contributed by atoms with van der Waals surface area (Å²) in [5.74, 6) is 0. The van der Waals surface area contributed by atoms with Crippen molar-refractivity contribution in [2.45, 2.75) is 44.7 Å². The summed E-state index contributed by atoms with van der Waals surface area (Å²) in [6, 6.07) is 0.513. The number of aromatic nitrogens is 1. The molecule has 0 saturated carbocycles. The molecule has 3 heterocycles. The van der Waals surface area contributed by atoms with E-state index in [9.17, 15) is 0 Å². The summed E-state index contributed by atoms with van der Waals surface area (Å²) in [7, 11) is 0. The molecule has 1 saturated heterocycles. The number of thiazole rings is 1. The lowest BCUT2D eigenvalue weighted by molar-refractivity contribution is 0.0776. The molecule has 0 atom stereocenters. The first-order chi connectivity index (χ1) is 14.8. The molecule has 5 rings (SSSR count). The summed E-state index contributed by atoms with van der Waals surface area (Å²) in [6.07, 6.45) is 20.6. The molecule has 0 bridgehead atoms. The first-order valence-electron chi connectivity index (χ1n) is 10.8. The van der Waals surface area contributed by atoms with Gasteiger partial charge in [-0.3, -0.25) is 4.99 Å². The van der Waals surface area contributed by atoms with Gasteiger partial charge in [0.1, 0.15) is 10.4 Å². The van der Waals surface area contributed by atoms with Crippen LogP contribution in [-0.4, -0.2) is 30.5 Å². The number of rotatable bonds is 4. The first-order valence-corrected chi connectivity index (χ1v) is 11.6. The summed E-state index contributed by atoms with van der Waals surface area (Å²) < 4.78 is 6.62. The predicted molar refractivity (Wildman–Crippen MR) is 125 cm³/mol. The molecule has 5 heteroatoms. The Morgan fingerprint density at radius 2 is 2.07 bits per heavy atom. The molecular formula is C25H27N3OS. The van der Waals surface area contributed by atoms with Crippen LogP contribution in [0, 0.1) is 0 Å². The van der Waals surface area contributed by atoms with Gasteiger partial charge in [0.05, 0.1) is 10.2 Å². The lowest BCUT2D eigenvalue weighted by atomic mass is 9.89. The van der Waals surface area contributed by atoms with Gasteiger partial charge in [-0.2, -0.15) is 0 Å². The van der Waals surface area contributed by atoms with E-state index in [1.54, 1.807) is 11.3 Å². The highest BCUT2D eigenvalue weighted by Gasteiger charge is 2.20. The van der Waals surface area contributed by atoms with Crippen LogP contribution in [-0.2, 0) is 11.3 Å². The van der Waals surface area contributed by atoms with Crippen molar-refractivity contribution < 1.29 is 4.74 Å². The van der Waals surface area contributed by atoms with Crippen LogP contribution in [0.2, 0.25) is 0 Å². The second-order valence-corrected chi connectivity index (χ2v) is 9.17. The number of hydrogen-bond acceptors (Lipinski definition) is 5. The van der Waals surface area contributed by atoms with E-state index < -0.39 is 0 Å². The molecule has 154 valence electrons. The maximum Gasteiger partial charge on any atom is 0.108 e. The van der Waals surface area contributed by atoms with E-state index in [0.717, 1.165) is 78.0 Å². The third-order valence-corrected chi connectivity index (χ3v) is 6.89. The van der Waals surface area contributed by atoms with Crippen LogP contribution >= 0.6 is 11.3 Å². The van der Waals surface area contributed by atoms with Crippen LogP contribution < -0.4 is 15.2 Å². The Labute approximate surface area is 181 Å². The average molecular weight is 418 g/mol. The van der Waals surface area contributed by atoms with E-state index in [-0.39, 0.29) is 0 Å². The Bertz CT molecular complexity index is 1120. The molecule has 4 nitrogen and oxygen atoms in total. The van der Waals surface area contributed by atoms with Gasteiger partial charge in [0.15, 0.2) is 0 Å². The summed E-state index contributed by atoms with van der Waals surface area (Å²) in [4.78, 5) is 9.91. The lowest BCUT2D eigenvalue weighted by Gasteiger charge is -2.22. The number of nitrogens with zero attached hydrogens (tertiary/aromatic N) is 2. The third kappa shape index (κ3) is 4.10. The maximum atomic E-state index is 5.47. The number of allylic oxidation sites excluding steroid dienone is 7. The van der Waals surface area contributed by atoms with Gasteiger partial charge in [0, 0.05) is 37.6 Å². The predicted octanol–water partition coefficient (Wildman–Crippen LogP) is 3.47. The number of aliphatic imine (C=N–C) groups is 1. The Morgan fingerprint density at radius 3 is 2.97 bits per heavy atom. The molecule has 4 aliphatic rings. The Morgan fingerprint density at radius 1 is 1.20 bits per heavy atom. The van der Waals surface area contributed by atoms with Crippen molar-refractivity contribution in [3.8, 4) is 0 Å². The molecular weight excluding hydrogens is 390 g/mol. The Hall–Kier alpha value is -2.34. The van der Waals surface area contributed by atoms with Gasteiger partial charge < -0.3 is 10.1 Å². The maximum absolute atomic E-state index is 5.47. The van der Waals surface area contributed by atoms with E-state index in [2.05, 4.69) is 48.4 Å². The van der Waals surface area contributed by atoms with Gasteiger partial charge >= 0.3 is 0 Å². The SMILES string of the molecule is C=C1C=NC(C2=CCCC3=C2C=CCC=C3)=c2nc(CNC3CCOCC3)sc2=C1. The van der Waals surface area contributed by atoms with Gasteiger partial charge in [-0.05, 0) is 54.9 Å². The zero-order valence-corrected chi connectivity index (χ0v) is 18.0. The molecule has 1 fully saturated rings. The van der Waals surface area contributed by atoms with E-state index in [1.165, 1.54) is 16.7 Å². The highest BCUT2D eigenvalue weighted by atomic mass is 32.1. The van der Waals surface area contributed by atoms with Crippen LogP contribution in [0.1, 0.15) is 37.1 Å². The van der Waals surface area contributed by atoms with E-state index >= 15 is 0 Å². The minimum absolute atomic E-state index is 0.513. The fourth-order valence-corrected chi connectivity index (χ4v) is 5.32. The largest absolute Gasteiger partial charge is 0.381 e. The van der Waals surface area contributed by atoms with E-state index in [1.807, 2.05) is 6.21 Å². The van der Waals surface area contributed by atoms with Crippen molar-refractivity contribution in [3.63, 3.8) is 0 Å². The third-order valence-electron chi connectivity index (χ3n) is 5.89. The molecule has 0 amide bonds. The summed E-state index contributed by atoms with van der Waals surface area (Å²) in [6.45, 7) is 6.63. The quantitative estimate of drug-likeness (QED) is 0.816. The molecule has 0 spiro atoms. The van der Waals surface area contributed by atoms with Crippen molar-refractivity contribution in [1.29, 1.82) is 0 Å². The highest BCUT2D eigenvalue weighted by Crippen LogP contribution is 2.34. The Balaban J connectivity index is 1.54. The smallest absolute Gasteiger partial charge is 0.108 e. The van der Waals surface area contributed by atoms with Gasteiger partial charge in [-0.25, -0.2) is 4.98 Å². The molecule has 0 unspecified atom stereocenters. The molecule has 2 aliphatic carbocycles. The fraction of sp³-hybridized carbons (Fsp3) is 0.360. The average Bonchev–Trinajstić information content (AvgIpc) is 2.92. The minimum atomic E-state index is 0.513. The van der Waals surface area contributed by atoms with Crippen LogP contribution in [0.15, 0.2) is 64.2 Å². The number of hydrogen-bond donors (Lipinski definition) is 1. The van der Waals surface area contributed by atoms with Crippen LogP contribution in [0.3, 0.4) is 0 Å². The zero-order valence-electron chi connectivity index (χ0n) is 17.2. The topological polar surface area (TPSA) is 46.5 Å². The summed E-state index contributed by atoms with van der Waals surface area (Å²) in [5.41, 5.74) is 5.78.